The molecule has 0 aromatic heterocycles. The van der Waals surface area contributed by atoms with Crippen LogP contribution in [-0.2, 0) is 14.4 Å². The van der Waals surface area contributed by atoms with Crippen LogP contribution in [0.5, 0.6) is 0 Å². The number of carbonyl (C=O) groups excluding carboxylic acids is 2. The fourth-order valence-corrected chi connectivity index (χ4v) is 2.35. The highest BCUT2D eigenvalue weighted by Crippen LogP contribution is 2.36. The fraction of sp³-hybridized carbons (Fsp3) is 0.714. The molecular weight excluding hydrogens is 288 g/mol. The topological polar surface area (TPSA) is 125 Å². The fourth-order valence-electron chi connectivity index (χ4n) is 2.35. The maximum atomic E-state index is 12.6. The lowest BCUT2D eigenvalue weighted by atomic mass is 10.0. The lowest BCUT2D eigenvalue weighted by Gasteiger charge is -2.21. The van der Waals surface area contributed by atoms with Crippen molar-refractivity contribution in [1.29, 1.82) is 0 Å². The van der Waals surface area contributed by atoms with Gasteiger partial charge in [-0.25, -0.2) is 9.59 Å². The molecule has 1 fully saturated rings. The maximum absolute atomic E-state index is 12.6. The number of amides is 2. The van der Waals surface area contributed by atoms with Crippen molar-refractivity contribution in [1.82, 2.24) is 10.7 Å². The standard InChI is InChI=1S/C14H22N4O4/c1-8(2)10(15)11(19)16-14(5-6-14)13(22)18-7-3-4-9(17-18)12(20)21/h7-10,17H,3-6,15H2,1-2H3,(H-,16,19,20,21)/p+1/t9-,10-/m0/s1. The average molecular weight is 311 g/mol. The molecule has 0 bridgehead atoms. The Balaban J connectivity index is 2.04. The van der Waals surface area contributed by atoms with Crippen molar-refractivity contribution >= 4 is 24.0 Å². The number of hydrazone groups is 1. The SMILES string of the molecule is CC(C)[C@H](N)C(=O)NC1(C(=O)[N+]2=CCC[C@@H](C(=O)O)N2)CC1. The second-order valence-electron chi connectivity index (χ2n) is 6.30. The molecule has 8 nitrogen and oxygen atoms in total. The van der Waals surface area contributed by atoms with Crippen LogP contribution in [-0.4, -0.2) is 51.4 Å². The zero-order chi connectivity index (χ0) is 16.5. The number of carboxylic acid groups (broad SMARTS) is 1. The first-order valence-corrected chi connectivity index (χ1v) is 7.50. The average Bonchev–Trinajstić information content (AvgIpc) is 3.26. The molecule has 1 aliphatic heterocycles. The Labute approximate surface area is 128 Å². The molecule has 2 atom stereocenters. The monoisotopic (exact) mass is 311 g/mol. The summed E-state index contributed by atoms with van der Waals surface area (Å²) >= 11 is 0. The third kappa shape index (κ3) is 3.27. The van der Waals surface area contributed by atoms with Gasteiger partial charge in [-0.3, -0.25) is 4.79 Å². The number of hydrogen-bond acceptors (Lipinski definition) is 5. The minimum absolute atomic E-state index is 0.0260. The summed E-state index contributed by atoms with van der Waals surface area (Å²) < 4.78 is 1.20. The van der Waals surface area contributed by atoms with Gasteiger partial charge in [0.25, 0.3) is 0 Å². The van der Waals surface area contributed by atoms with Crippen molar-refractivity contribution in [3.63, 3.8) is 0 Å². The molecule has 22 heavy (non-hydrogen) atoms. The van der Waals surface area contributed by atoms with E-state index in [4.69, 9.17) is 10.8 Å². The first-order valence-electron chi connectivity index (χ1n) is 7.50. The molecule has 0 aromatic carbocycles. The van der Waals surface area contributed by atoms with Crippen LogP contribution in [0.2, 0.25) is 0 Å². The predicted octanol–water partition coefficient (Wildman–Crippen LogP) is -1.02. The van der Waals surface area contributed by atoms with Crippen LogP contribution >= 0.6 is 0 Å². The summed E-state index contributed by atoms with van der Waals surface area (Å²) in [5, 5.41) is 11.8. The molecule has 1 aliphatic carbocycles. The quantitative estimate of drug-likeness (QED) is 0.482. The summed E-state index contributed by atoms with van der Waals surface area (Å²) in [7, 11) is 0. The van der Waals surface area contributed by atoms with Crippen LogP contribution in [0.15, 0.2) is 0 Å². The molecule has 0 saturated heterocycles. The second-order valence-corrected chi connectivity index (χ2v) is 6.30. The van der Waals surface area contributed by atoms with Crippen LogP contribution < -0.4 is 16.5 Å². The number of nitrogens with one attached hydrogen (secondary N) is 2. The van der Waals surface area contributed by atoms with Gasteiger partial charge in [-0.05, 0) is 25.2 Å². The Kier molecular flexibility index (Phi) is 4.50. The lowest BCUT2D eigenvalue weighted by Crippen LogP contribution is -2.58. The highest BCUT2D eigenvalue weighted by molar-refractivity contribution is 5.92. The highest BCUT2D eigenvalue weighted by atomic mass is 16.4. The number of hydrazine groups is 1. The van der Waals surface area contributed by atoms with Crippen molar-refractivity contribution in [2.24, 2.45) is 11.7 Å². The van der Waals surface area contributed by atoms with Gasteiger partial charge in [0.15, 0.2) is 17.8 Å². The number of nitrogens with zero attached hydrogens (tertiary/aromatic N) is 1. The van der Waals surface area contributed by atoms with Crippen molar-refractivity contribution in [3.05, 3.63) is 0 Å². The van der Waals surface area contributed by atoms with E-state index in [1.165, 1.54) is 4.68 Å². The van der Waals surface area contributed by atoms with Gasteiger partial charge in [0, 0.05) is 6.42 Å². The van der Waals surface area contributed by atoms with Gasteiger partial charge >= 0.3 is 11.9 Å². The van der Waals surface area contributed by atoms with Gasteiger partial charge in [0.1, 0.15) is 0 Å². The maximum Gasteiger partial charge on any atom is 0.439 e. The number of aliphatic carboxylic acids is 1. The highest BCUT2D eigenvalue weighted by Gasteiger charge is 2.59. The van der Waals surface area contributed by atoms with Crippen LogP contribution in [0.4, 0.5) is 0 Å². The molecule has 2 amide bonds. The predicted molar refractivity (Wildman–Crippen MR) is 78.0 cm³/mol. The summed E-state index contributed by atoms with van der Waals surface area (Å²) in [6.07, 6.45) is 3.61. The van der Waals surface area contributed by atoms with Crippen molar-refractivity contribution in [3.8, 4) is 0 Å². The van der Waals surface area contributed by atoms with E-state index in [1.54, 1.807) is 6.21 Å². The molecule has 5 N–H and O–H groups in total. The summed E-state index contributed by atoms with van der Waals surface area (Å²) in [5.74, 6) is -1.71. The van der Waals surface area contributed by atoms with Gasteiger partial charge in [-0.1, -0.05) is 18.5 Å². The van der Waals surface area contributed by atoms with Crippen LogP contribution in [0.25, 0.3) is 0 Å². The molecule has 0 aromatic rings. The third-order valence-electron chi connectivity index (χ3n) is 4.12. The first kappa shape index (κ1) is 16.4. The van der Waals surface area contributed by atoms with Crippen LogP contribution in [0.1, 0.15) is 39.5 Å². The van der Waals surface area contributed by atoms with E-state index in [2.05, 4.69) is 10.7 Å². The van der Waals surface area contributed by atoms with Gasteiger partial charge in [0.05, 0.1) is 6.04 Å². The second kappa shape index (κ2) is 6.04. The zero-order valence-corrected chi connectivity index (χ0v) is 12.8. The molecule has 1 saturated carbocycles. The molecule has 1 heterocycles. The van der Waals surface area contributed by atoms with Crippen LogP contribution in [0, 0.1) is 5.92 Å². The van der Waals surface area contributed by atoms with Crippen molar-refractivity contribution < 1.29 is 24.2 Å². The summed E-state index contributed by atoms with van der Waals surface area (Å²) in [4.78, 5) is 35.7. The number of rotatable bonds is 5. The molecule has 0 spiro atoms. The molecule has 122 valence electrons. The number of nitrogens with two attached hydrogens (primary N) is 1. The first-order chi connectivity index (χ1) is 10.3. The number of hydrogen-bond donors (Lipinski definition) is 4. The number of carboxylic acids is 1. The zero-order valence-electron chi connectivity index (χ0n) is 12.8. The molecule has 2 rings (SSSR count). The Morgan fingerprint density at radius 1 is 1.41 bits per heavy atom. The van der Waals surface area contributed by atoms with Crippen LogP contribution in [0.3, 0.4) is 0 Å². The normalized spacial score (nSPS) is 24.0. The van der Waals surface area contributed by atoms with E-state index in [-0.39, 0.29) is 17.7 Å². The van der Waals surface area contributed by atoms with E-state index in [0.717, 1.165) is 0 Å². The van der Waals surface area contributed by atoms with E-state index in [9.17, 15) is 14.4 Å². The van der Waals surface area contributed by atoms with E-state index in [1.807, 2.05) is 13.8 Å². The Morgan fingerprint density at radius 3 is 2.55 bits per heavy atom. The van der Waals surface area contributed by atoms with E-state index < -0.39 is 23.6 Å². The molecule has 0 unspecified atom stereocenters. The minimum Gasteiger partial charge on any atom is -0.480 e. The molecule has 0 radical (unpaired) electrons. The van der Waals surface area contributed by atoms with Gasteiger partial charge in [0.2, 0.25) is 5.91 Å². The summed E-state index contributed by atoms with van der Waals surface area (Å²) in [6, 6.07) is -1.46. The van der Waals surface area contributed by atoms with Gasteiger partial charge < -0.3 is 16.2 Å². The Hall–Kier alpha value is -1.96. The Morgan fingerprint density at radius 2 is 2.05 bits per heavy atom. The van der Waals surface area contributed by atoms with Crippen molar-refractivity contribution in [2.75, 3.05) is 0 Å². The third-order valence-corrected chi connectivity index (χ3v) is 4.12. The minimum atomic E-state index is -0.999. The molecule has 8 heteroatoms. The summed E-state index contributed by atoms with van der Waals surface area (Å²) in [5.41, 5.74) is 7.52. The van der Waals surface area contributed by atoms with Gasteiger partial charge in [-0.15, -0.1) is 0 Å². The smallest absolute Gasteiger partial charge is 0.439 e. The Bertz CT molecular complexity index is 525. The lowest BCUT2D eigenvalue weighted by molar-refractivity contribution is -0.517. The molecule has 2 aliphatic rings. The largest absolute Gasteiger partial charge is 0.480 e. The van der Waals surface area contributed by atoms with Gasteiger partial charge in [-0.2, -0.15) is 5.43 Å². The number of carbonyl (C=O) groups is 3. The van der Waals surface area contributed by atoms with Crippen molar-refractivity contribution in [2.45, 2.75) is 57.2 Å². The molecular formula is C14H23N4O4+. The van der Waals surface area contributed by atoms with E-state index in [0.29, 0.717) is 25.7 Å². The van der Waals surface area contributed by atoms with E-state index >= 15 is 0 Å². The summed E-state index contributed by atoms with van der Waals surface area (Å²) in [6.45, 7) is 3.67.